The Morgan fingerprint density at radius 1 is 1.00 bits per heavy atom. The van der Waals surface area contributed by atoms with Gasteiger partial charge in [-0.2, -0.15) is 0 Å². The molecule has 0 spiro atoms. The second kappa shape index (κ2) is 7.46. The summed E-state index contributed by atoms with van der Waals surface area (Å²) in [4.78, 5) is 2.70. The minimum absolute atomic E-state index is 0.460. The Morgan fingerprint density at radius 3 is 2.50 bits per heavy atom. The number of hydrogen-bond acceptors (Lipinski definition) is 3. The summed E-state index contributed by atoms with van der Waals surface area (Å²) >= 11 is 0. The molecule has 106 valence electrons. The van der Waals surface area contributed by atoms with E-state index >= 15 is 0 Å². The van der Waals surface area contributed by atoms with Crippen molar-refractivity contribution in [3.05, 3.63) is 0 Å². The average Bonchev–Trinajstić information content (AvgIpc) is 2.39. The zero-order valence-electron chi connectivity index (χ0n) is 12.2. The number of hydrogen-bond donors (Lipinski definition) is 1. The first-order chi connectivity index (χ1) is 8.85. The zero-order chi connectivity index (χ0) is 12.8. The van der Waals surface area contributed by atoms with Crippen molar-refractivity contribution in [2.24, 2.45) is 0 Å². The van der Waals surface area contributed by atoms with Crippen LogP contribution in [0.25, 0.3) is 0 Å². The summed E-state index contributed by atoms with van der Waals surface area (Å²) in [7, 11) is 4.00. The number of likely N-dealkylation sites (tertiary alicyclic amines) is 1. The van der Waals surface area contributed by atoms with Gasteiger partial charge in [-0.1, -0.05) is 25.7 Å². The monoisotopic (exact) mass is 254 g/mol. The summed E-state index contributed by atoms with van der Waals surface area (Å²) in [5.41, 5.74) is 0. The van der Waals surface area contributed by atoms with Gasteiger partial charge in [-0.05, 0) is 39.3 Å². The SMILES string of the molecule is CNC1CCCCCCC1N1CCCC(OC)C1. The quantitative estimate of drug-likeness (QED) is 0.837. The van der Waals surface area contributed by atoms with E-state index in [2.05, 4.69) is 17.3 Å². The minimum Gasteiger partial charge on any atom is -0.380 e. The van der Waals surface area contributed by atoms with Crippen molar-refractivity contribution in [2.45, 2.75) is 69.6 Å². The van der Waals surface area contributed by atoms with Crippen LogP contribution in [-0.4, -0.2) is 50.3 Å². The molecule has 1 saturated heterocycles. The van der Waals surface area contributed by atoms with E-state index < -0.39 is 0 Å². The molecule has 2 fully saturated rings. The van der Waals surface area contributed by atoms with E-state index in [1.54, 1.807) is 0 Å². The van der Waals surface area contributed by atoms with Crippen molar-refractivity contribution in [3.63, 3.8) is 0 Å². The standard InChI is InChI=1S/C15H30N2O/c1-16-14-9-5-3-4-6-10-15(14)17-11-7-8-13(12-17)18-2/h13-16H,3-12H2,1-2H3. The predicted octanol–water partition coefficient (Wildman–Crippen LogP) is 2.41. The average molecular weight is 254 g/mol. The molecule has 18 heavy (non-hydrogen) atoms. The smallest absolute Gasteiger partial charge is 0.0698 e. The Morgan fingerprint density at radius 2 is 1.78 bits per heavy atom. The molecule has 3 heteroatoms. The van der Waals surface area contributed by atoms with Gasteiger partial charge in [0.05, 0.1) is 6.10 Å². The van der Waals surface area contributed by atoms with Crippen LogP contribution < -0.4 is 5.32 Å². The molecule has 0 aromatic rings. The number of nitrogens with one attached hydrogen (secondary N) is 1. The summed E-state index contributed by atoms with van der Waals surface area (Å²) in [6.07, 6.45) is 11.3. The molecule has 3 atom stereocenters. The zero-order valence-corrected chi connectivity index (χ0v) is 12.2. The van der Waals surface area contributed by atoms with Crippen molar-refractivity contribution < 1.29 is 4.74 Å². The fourth-order valence-corrected chi connectivity index (χ4v) is 3.70. The fourth-order valence-electron chi connectivity index (χ4n) is 3.70. The molecule has 2 rings (SSSR count). The minimum atomic E-state index is 0.460. The van der Waals surface area contributed by atoms with Gasteiger partial charge in [0.25, 0.3) is 0 Å². The highest BCUT2D eigenvalue weighted by Gasteiger charge is 2.30. The fraction of sp³-hybridized carbons (Fsp3) is 1.00. The maximum atomic E-state index is 5.57. The molecule has 3 unspecified atom stereocenters. The second-order valence-corrected chi connectivity index (χ2v) is 5.95. The molecular formula is C15H30N2O. The molecule has 1 aliphatic heterocycles. The molecular weight excluding hydrogens is 224 g/mol. The normalized spacial score (nSPS) is 36.0. The van der Waals surface area contributed by atoms with Gasteiger partial charge in [-0.25, -0.2) is 0 Å². The largest absolute Gasteiger partial charge is 0.380 e. The lowest BCUT2D eigenvalue weighted by Gasteiger charge is -2.42. The summed E-state index contributed by atoms with van der Waals surface area (Å²) in [5, 5.41) is 3.57. The third-order valence-corrected chi connectivity index (χ3v) is 4.81. The predicted molar refractivity (Wildman–Crippen MR) is 75.9 cm³/mol. The maximum Gasteiger partial charge on any atom is 0.0698 e. The highest BCUT2D eigenvalue weighted by molar-refractivity contribution is 4.88. The van der Waals surface area contributed by atoms with Gasteiger partial charge < -0.3 is 10.1 Å². The first-order valence-electron chi connectivity index (χ1n) is 7.79. The Balaban J connectivity index is 1.97. The number of nitrogens with zero attached hydrogens (tertiary/aromatic N) is 1. The van der Waals surface area contributed by atoms with Gasteiger partial charge in [0.2, 0.25) is 0 Å². The lowest BCUT2D eigenvalue weighted by Crippen LogP contribution is -2.53. The van der Waals surface area contributed by atoms with E-state index in [1.165, 1.54) is 57.9 Å². The Bertz CT molecular complexity index is 235. The van der Waals surface area contributed by atoms with Crippen LogP contribution in [0.3, 0.4) is 0 Å². The van der Waals surface area contributed by atoms with E-state index in [4.69, 9.17) is 4.74 Å². The van der Waals surface area contributed by atoms with Crippen molar-refractivity contribution in [1.29, 1.82) is 0 Å². The van der Waals surface area contributed by atoms with Crippen LogP contribution >= 0.6 is 0 Å². The van der Waals surface area contributed by atoms with Crippen molar-refractivity contribution in [2.75, 3.05) is 27.2 Å². The van der Waals surface area contributed by atoms with Crippen LogP contribution in [0.5, 0.6) is 0 Å². The highest BCUT2D eigenvalue weighted by atomic mass is 16.5. The third-order valence-electron chi connectivity index (χ3n) is 4.81. The van der Waals surface area contributed by atoms with E-state index in [-0.39, 0.29) is 0 Å². The Labute approximate surface area is 112 Å². The van der Waals surface area contributed by atoms with Crippen LogP contribution in [-0.2, 0) is 4.74 Å². The Kier molecular flexibility index (Phi) is 5.93. The molecule has 1 heterocycles. The summed E-state index contributed by atoms with van der Waals surface area (Å²) < 4.78 is 5.57. The van der Waals surface area contributed by atoms with Gasteiger partial charge in [-0.3, -0.25) is 4.90 Å². The van der Waals surface area contributed by atoms with Gasteiger partial charge in [0, 0.05) is 25.7 Å². The molecule has 0 radical (unpaired) electrons. The first kappa shape index (κ1) is 14.3. The van der Waals surface area contributed by atoms with Crippen LogP contribution in [0.15, 0.2) is 0 Å². The van der Waals surface area contributed by atoms with E-state index in [1.807, 2.05) is 7.11 Å². The molecule has 0 aromatic carbocycles. The summed E-state index contributed by atoms with van der Waals surface area (Å²) in [6, 6.07) is 1.41. The molecule has 1 aliphatic carbocycles. The van der Waals surface area contributed by atoms with Crippen LogP contribution in [0.2, 0.25) is 0 Å². The molecule has 2 aliphatic rings. The van der Waals surface area contributed by atoms with Crippen LogP contribution in [0, 0.1) is 0 Å². The Hall–Kier alpha value is -0.120. The van der Waals surface area contributed by atoms with Gasteiger partial charge >= 0.3 is 0 Å². The van der Waals surface area contributed by atoms with Crippen LogP contribution in [0.4, 0.5) is 0 Å². The molecule has 0 aromatic heterocycles. The molecule has 0 bridgehead atoms. The van der Waals surface area contributed by atoms with E-state index in [0.717, 1.165) is 12.6 Å². The summed E-state index contributed by atoms with van der Waals surface area (Å²) in [5.74, 6) is 0. The molecule has 0 amide bonds. The number of piperidine rings is 1. The lowest BCUT2D eigenvalue weighted by molar-refractivity contribution is 0.00363. The topological polar surface area (TPSA) is 24.5 Å². The van der Waals surface area contributed by atoms with Crippen molar-refractivity contribution in [3.8, 4) is 0 Å². The highest BCUT2D eigenvalue weighted by Crippen LogP contribution is 2.25. The number of ether oxygens (including phenoxy) is 1. The molecule has 1 saturated carbocycles. The van der Waals surface area contributed by atoms with Crippen LogP contribution in [0.1, 0.15) is 51.4 Å². The van der Waals surface area contributed by atoms with E-state index in [9.17, 15) is 0 Å². The molecule has 1 N–H and O–H groups in total. The van der Waals surface area contributed by atoms with Crippen molar-refractivity contribution >= 4 is 0 Å². The maximum absolute atomic E-state index is 5.57. The summed E-state index contributed by atoms with van der Waals surface area (Å²) in [6.45, 7) is 2.40. The van der Waals surface area contributed by atoms with Gasteiger partial charge in [0.1, 0.15) is 0 Å². The molecule has 3 nitrogen and oxygen atoms in total. The van der Waals surface area contributed by atoms with E-state index in [0.29, 0.717) is 12.1 Å². The number of methoxy groups -OCH3 is 1. The first-order valence-corrected chi connectivity index (χ1v) is 7.79. The second-order valence-electron chi connectivity index (χ2n) is 5.95. The number of likely N-dealkylation sites (N-methyl/N-ethyl adjacent to an activating group) is 1. The van der Waals surface area contributed by atoms with Gasteiger partial charge in [0.15, 0.2) is 0 Å². The van der Waals surface area contributed by atoms with Gasteiger partial charge in [-0.15, -0.1) is 0 Å². The third kappa shape index (κ3) is 3.69. The lowest BCUT2D eigenvalue weighted by atomic mass is 9.90. The number of rotatable bonds is 3. The van der Waals surface area contributed by atoms with Crippen molar-refractivity contribution in [1.82, 2.24) is 10.2 Å².